The maximum absolute atomic E-state index is 5.84. The molecular weight excluding hydrogens is 226 g/mol. The largest absolute Gasteiger partial charge is 0.493 e. The van der Waals surface area contributed by atoms with Crippen molar-refractivity contribution in [2.24, 2.45) is 0 Å². The monoisotopic (exact) mass is 249 g/mol. The Kier molecular flexibility index (Phi) is 4.88. The molecule has 0 spiro atoms. The van der Waals surface area contributed by atoms with Gasteiger partial charge in [0.25, 0.3) is 0 Å². The van der Waals surface area contributed by atoms with E-state index in [0.29, 0.717) is 0 Å². The summed E-state index contributed by atoms with van der Waals surface area (Å²) >= 11 is 0. The Morgan fingerprint density at radius 3 is 2.61 bits per heavy atom. The predicted octanol–water partition coefficient (Wildman–Crippen LogP) is 2.87. The summed E-state index contributed by atoms with van der Waals surface area (Å²) in [4.78, 5) is 2.48. The Labute approximate surface area is 110 Å². The standard InChI is InChI=1S/C15H23NO2/c1-13-6-7-14(17-2)15(12-13)18-11-10-16-8-4-3-5-9-16/h6-7,12H,3-5,8-11H2,1-2H3. The minimum absolute atomic E-state index is 0.736. The van der Waals surface area contributed by atoms with Gasteiger partial charge < -0.3 is 9.47 Å². The Balaban J connectivity index is 1.83. The maximum atomic E-state index is 5.84. The number of hydrogen-bond donors (Lipinski definition) is 0. The van der Waals surface area contributed by atoms with Crippen molar-refractivity contribution in [3.63, 3.8) is 0 Å². The van der Waals surface area contributed by atoms with Crippen molar-refractivity contribution in [2.75, 3.05) is 33.4 Å². The minimum Gasteiger partial charge on any atom is -0.493 e. The smallest absolute Gasteiger partial charge is 0.161 e. The molecule has 0 amide bonds. The van der Waals surface area contributed by atoms with Crippen LogP contribution in [0.3, 0.4) is 0 Å². The van der Waals surface area contributed by atoms with Gasteiger partial charge in [-0.15, -0.1) is 0 Å². The zero-order valence-electron chi connectivity index (χ0n) is 11.4. The first kappa shape index (κ1) is 13.2. The highest BCUT2D eigenvalue weighted by Gasteiger charge is 2.10. The van der Waals surface area contributed by atoms with E-state index in [-0.39, 0.29) is 0 Å². The van der Waals surface area contributed by atoms with Crippen molar-refractivity contribution >= 4 is 0 Å². The van der Waals surface area contributed by atoms with E-state index < -0.39 is 0 Å². The number of hydrogen-bond acceptors (Lipinski definition) is 3. The molecule has 0 bridgehead atoms. The first-order valence-corrected chi connectivity index (χ1v) is 6.79. The van der Waals surface area contributed by atoms with Crippen LogP contribution in [0.2, 0.25) is 0 Å². The lowest BCUT2D eigenvalue weighted by Gasteiger charge is -2.26. The van der Waals surface area contributed by atoms with E-state index in [0.717, 1.165) is 24.7 Å². The molecule has 2 rings (SSSR count). The van der Waals surface area contributed by atoms with Gasteiger partial charge in [0.2, 0.25) is 0 Å². The van der Waals surface area contributed by atoms with Crippen LogP contribution < -0.4 is 9.47 Å². The van der Waals surface area contributed by atoms with Crippen LogP contribution in [0.5, 0.6) is 11.5 Å². The lowest BCUT2D eigenvalue weighted by atomic mass is 10.1. The van der Waals surface area contributed by atoms with E-state index in [4.69, 9.17) is 9.47 Å². The SMILES string of the molecule is COc1ccc(C)cc1OCCN1CCCCC1. The highest BCUT2D eigenvalue weighted by molar-refractivity contribution is 5.42. The molecule has 3 heteroatoms. The van der Waals surface area contributed by atoms with Crippen LogP contribution in [-0.2, 0) is 0 Å². The first-order chi connectivity index (χ1) is 8.79. The first-order valence-electron chi connectivity index (χ1n) is 6.79. The molecule has 1 heterocycles. The summed E-state index contributed by atoms with van der Waals surface area (Å²) in [6.07, 6.45) is 4.03. The Hall–Kier alpha value is -1.22. The maximum Gasteiger partial charge on any atom is 0.161 e. The van der Waals surface area contributed by atoms with Crippen LogP contribution in [0, 0.1) is 6.92 Å². The summed E-state index contributed by atoms with van der Waals surface area (Å²) in [5.41, 5.74) is 1.20. The normalized spacial score (nSPS) is 16.6. The fourth-order valence-corrected chi connectivity index (χ4v) is 2.36. The third-order valence-electron chi connectivity index (χ3n) is 3.43. The molecule has 1 fully saturated rings. The molecule has 0 atom stereocenters. The van der Waals surface area contributed by atoms with Gasteiger partial charge in [0.05, 0.1) is 7.11 Å². The number of rotatable bonds is 5. The number of piperidine rings is 1. The van der Waals surface area contributed by atoms with E-state index in [2.05, 4.69) is 11.8 Å². The minimum atomic E-state index is 0.736. The highest BCUT2D eigenvalue weighted by atomic mass is 16.5. The van der Waals surface area contributed by atoms with Gasteiger partial charge in [0.1, 0.15) is 6.61 Å². The lowest BCUT2D eigenvalue weighted by molar-refractivity contribution is 0.180. The number of ether oxygens (including phenoxy) is 2. The van der Waals surface area contributed by atoms with Crippen LogP contribution in [0.4, 0.5) is 0 Å². The molecule has 0 aromatic heterocycles. The molecule has 3 nitrogen and oxygen atoms in total. The van der Waals surface area contributed by atoms with Crippen molar-refractivity contribution in [1.29, 1.82) is 0 Å². The quantitative estimate of drug-likeness (QED) is 0.801. The number of nitrogens with zero attached hydrogens (tertiary/aromatic N) is 1. The van der Waals surface area contributed by atoms with Gasteiger partial charge in [-0.1, -0.05) is 12.5 Å². The second kappa shape index (κ2) is 6.64. The number of aryl methyl sites for hydroxylation is 1. The highest BCUT2D eigenvalue weighted by Crippen LogP contribution is 2.27. The van der Waals surface area contributed by atoms with E-state index in [1.54, 1.807) is 7.11 Å². The molecule has 1 aromatic rings. The summed E-state index contributed by atoms with van der Waals surface area (Å²) in [6.45, 7) is 6.25. The number of likely N-dealkylation sites (tertiary alicyclic amines) is 1. The van der Waals surface area contributed by atoms with Crippen molar-refractivity contribution < 1.29 is 9.47 Å². The molecule has 18 heavy (non-hydrogen) atoms. The predicted molar refractivity (Wildman–Crippen MR) is 73.5 cm³/mol. The van der Waals surface area contributed by atoms with Gasteiger partial charge in [0.15, 0.2) is 11.5 Å². The van der Waals surface area contributed by atoms with Crippen LogP contribution in [0.1, 0.15) is 24.8 Å². The third kappa shape index (κ3) is 3.64. The van der Waals surface area contributed by atoms with E-state index >= 15 is 0 Å². The zero-order valence-corrected chi connectivity index (χ0v) is 11.4. The molecule has 100 valence electrons. The average molecular weight is 249 g/mol. The second-order valence-electron chi connectivity index (χ2n) is 4.91. The second-order valence-corrected chi connectivity index (χ2v) is 4.91. The summed E-state index contributed by atoms with van der Waals surface area (Å²) in [6, 6.07) is 6.04. The fourth-order valence-electron chi connectivity index (χ4n) is 2.36. The van der Waals surface area contributed by atoms with E-state index in [1.807, 2.05) is 18.2 Å². The van der Waals surface area contributed by atoms with E-state index in [9.17, 15) is 0 Å². The van der Waals surface area contributed by atoms with Crippen molar-refractivity contribution in [3.05, 3.63) is 23.8 Å². The molecule has 1 aromatic carbocycles. The van der Waals surface area contributed by atoms with Crippen molar-refractivity contribution in [3.8, 4) is 11.5 Å². The summed E-state index contributed by atoms with van der Waals surface area (Å²) in [7, 11) is 1.68. The molecule has 0 N–H and O–H groups in total. The molecular formula is C15H23NO2. The van der Waals surface area contributed by atoms with Crippen molar-refractivity contribution in [2.45, 2.75) is 26.2 Å². The molecule has 0 radical (unpaired) electrons. The van der Waals surface area contributed by atoms with Gasteiger partial charge in [-0.2, -0.15) is 0 Å². The van der Waals surface area contributed by atoms with Gasteiger partial charge >= 0.3 is 0 Å². The summed E-state index contributed by atoms with van der Waals surface area (Å²) in [5.74, 6) is 1.67. The fraction of sp³-hybridized carbons (Fsp3) is 0.600. The Bertz CT molecular complexity index is 373. The Morgan fingerprint density at radius 2 is 1.89 bits per heavy atom. The van der Waals surface area contributed by atoms with Gasteiger partial charge in [-0.05, 0) is 50.6 Å². The molecule has 1 saturated heterocycles. The van der Waals surface area contributed by atoms with Gasteiger partial charge in [-0.25, -0.2) is 0 Å². The molecule has 1 aliphatic heterocycles. The van der Waals surface area contributed by atoms with E-state index in [1.165, 1.54) is 37.9 Å². The number of methoxy groups -OCH3 is 1. The van der Waals surface area contributed by atoms with Crippen LogP contribution in [0.15, 0.2) is 18.2 Å². The molecule has 0 unspecified atom stereocenters. The van der Waals surface area contributed by atoms with Crippen LogP contribution >= 0.6 is 0 Å². The average Bonchev–Trinajstić information content (AvgIpc) is 2.40. The van der Waals surface area contributed by atoms with Gasteiger partial charge in [0, 0.05) is 6.54 Å². The molecule has 0 aliphatic carbocycles. The summed E-state index contributed by atoms with van der Waals surface area (Å²) < 4.78 is 11.1. The molecule has 1 aliphatic rings. The third-order valence-corrected chi connectivity index (χ3v) is 3.43. The number of benzene rings is 1. The lowest BCUT2D eigenvalue weighted by Crippen LogP contribution is -2.33. The Morgan fingerprint density at radius 1 is 1.11 bits per heavy atom. The topological polar surface area (TPSA) is 21.7 Å². The van der Waals surface area contributed by atoms with Gasteiger partial charge in [-0.3, -0.25) is 4.90 Å². The molecule has 0 saturated carbocycles. The zero-order chi connectivity index (χ0) is 12.8. The van der Waals surface area contributed by atoms with Crippen LogP contribution in [-0.4, -0.2) is 38.3 Å². The van der Waals surface area contributed by atoms with Crippen molar-refractivity contribution in [1.82, 2.24) is 4.90 Å². The summed E-state index contributed by atoms with van der Waals surface area (Å²) in [5, 5.41) is 0. The van der Waals surface area contributed by atoms with Crippen LogP contribution in [0.25, 0.3) is 0 Å².